The van der Waals surface area contributed by atoms with E-state index in [0.717, 1.165) is 6.07 Å². The summed E-state index contributed by atoms with van der Waals surface area (Å²) in [7, 11) is 0. The van der Waals surface area contributed by atoms with Gasteiger partial charge in [0.05, 0.1) is 11.1 Å². The summed E-state index contributed by atoms with van der Waals surface area (Å²) >= 11 is 0. The Kier molecular flexibility index (Phi) is 1.93. The number of carboxylic acid groups (broad SMARTS) is 1. The molecule has 0 aliphatic carbocycles. The van der Waals surface area contributed by atoms with Gasteiger partial charge in [0.25, 0.3) is 5.56 Å². The molecule has 0 spiro atoms. The van der Waals surface area contributed by atoms with E-state index in [4.69, 9.17) is 5.11 Å². The Balaban J connectivity index is 2.85. The lowest BCUT2D eigenvalue weighted by molar-refractivity contribution is 0.0696. The van der Waals surface area contributed by atoms with Crippen LogP contribution in [0.4, 0.5) is 0 Å². The van der Waals surface area contributed by atoms with Crippen LogP contribution in [-0.4, -0.2) is 20.6 Å². The van der Waals surface area contributed by atoms with E-state index in [9.17, 15) is 14.7 Å². The first kappa shape index (κ1) is 9.26. The van der Waals surface area contributed by atoms with Crippen molar-refractivity contribution >= 4 is 11.5 Å². The maximum atomic E-state index is 11.4. The summed E-state index contributed by atoms with van der Waals surface area (Å²) in [6, 6.07) is 5.04. The number of pyridine rings is 2. The molecule has 2 aromatic heterocycles. The Morgan fingerprint density at radius 2 is 2.00 bits per heavy atom. The molecule has 0 bridgehead atoms. The van der Waals surface area contributed by atoms with E-state index in [1.165, 1.54) is 28.8 Å². The molecule has 2 heterocycles. The lowest BCUT2D eigenvalue weighted by Crippen LogP contribution is -2.14. The van der Waals surface area contributed by atoms with Gasteiger partial charge in [-0.1, -0.05) is 0 Å². The lowest BCUT2D eigenvalue weighted by Gasteiger charge is -2.01. The highest BCUT2D eigenvalue weighted by atomic mass is 16.4. The molecule has 0 saturated heterocycles. The summed E-state index contributed by atoms with van der Waals surface area (Å²) in [5.74, 6) is -1.19. The molecule has 0 unspecified atom stereocenters. The van der Waals surface area contributed by atoms with Crippen LogP contribution >= 0.6 is 0 Å². The number of hydrogen-bond acceptors (Lipinski definition) is 3. The first-order chi connectivity index (χ1) is 7.08. The minimum absolute atomic E-state index is 0.0167. The van der Waals surface area contributed by atoms with Crippen LogP contribution < -0.4 is 5.56 Å². The quantitative estimate of drug-likeness (QED) is 0.718. The van der Waals surface area contributed by atoms with Crippen molar-refractivity contribution in [2.75, 3.05) is 0 Å². The van der Waals surface area contributed by atoms with Crippen molar-refractivity contribution in [1.82, 2.24) is 4.40 Å². The third-order valence-corrected chi connectivity index (χ3v) is 2.04. The normalized spacial score (nSPS) is 10.4. The molecule has 0 radical (unpaired) electrons. The SMILES string of the molecule is O=C(O)c1cc(=O)n2ccc(O)cc2c1. The summed E-state index contributed by atoms with van der Waals surface area (Å²) in [5.41, 5.74) is -0.185. The van der Waals surface area contributed by atoms with E-state index in [2.05, 4.69) is 0 Å². The fraction of sp³-hybridized carbons (Fsp3) is 0. The number of aromatic carboxylic acids is 1. The topological polar surface area (TPSA) is 79.0 Å². The standard InChI is InChI=1S/C10H7NO4/c12-8-1-2-11-7(5-8)3-6(10(14)15)4-9(11)13/h1-5,12H,(H,14,15). The molecule has 2 aromatic rings. The van der Waals surface area contributed by atoms with Crippen molar-refractivity contribution < 1.29 is 15.0 Å². The number of fused-ring (bicyclic) bond motifs is 1. The van der Waals surface area contributed by atoms with Gasteiger partial charge in [-0.05, 0) is 12.1 Å². The molecule has 0 aliphatic heterocycles. The van der Waals surface area contributed by atoms with E-state index < -0.39 is 11.5 Å². The Morgan fingerprint density at radius 3 is 2.67 bits per heavy atom. The average molecular weight is 205 g/mol. The molecule has 0 atom stereocenters. The number of rotatable bonds is 1. The average Bonchev–Trinajstić information content (AvgIpc) is 2.16. The molecule has 76 valence electrons. The predicted octanol–water partition coefficient (Wildman–Crippen LogP) is 0.703. The van der Waals surface area contributed by atoms with E-state index in [1.54, 1.807) is 0 Å². The molecule has 0 aromatic carbocycles. The zero-order chi connectivity index (χ0) is 11.0. The number of nitrogens with zero attached hydrogens (tertiary/aromatic N) is 1. The van der Waals surface area contributed by atoms with E-state index in [0.29, 0.717) is 5.52 Å². The van der Waals surface area contributed by atoms with Gasteiger partial charge in [0, 0.05) is 18.3 Å². The van der Waals surface area contributed by atoms with Gasteiger partial charge in [0.2, 0.25) is 0 Å². The second-order valence-corrected chi connectivity index (χ2v) is 3.07. The highest BCUT2D eigenvalue weighted by Gasteiger charge is 2.06. The second-order valence-electron chi connectivity index (χ2n) is 3.07. The third-order valence-electron chi connectivity index (χ3n) is 2.04. The van der Waals surface area contributed by atoms with Gasteiger partial charge in [0.1, 0.15) is 5.75 Å². The van der Waals surface area contributed by atoms with Crippen molar-refractivity contribution in [2.45, 2.75) is 0 Å². The van der Waals surface area contributed by atoms with Crippen molar-refractivity contribution in [1.29, 1.82) is 0 Å². The number of hydrogen-bond donors (Lipinski definition) is 2. The van der Waals surface area contributed by atoms with Gasteiger partial charge in [-0.25, -0.2) is 4.79 Å². The fourth-order valence-corrected chi connectivity index (χ4v) is 1.35. The van der Waals surface area contributed by atoms with Crippen LogP contribution in [0.25, 0.3) is 5.52 Å². The second kappa shape index (κ2) is 3.13. The van der Waals surface area contributed by atoms with Gasteiger partial charge in [-0.2, -0.15) is 0 Å². The van der Waals surface area contributed by atoms with Crippen molar-refractivity contribution in [3.8, 4) is 5.75 Å². The van der Waals surface area contributed by atoms with Crippen molar-refractivity contribution in [3.05, 3.63) is 46.4 Å². The van der Waals surface area contributed by atoms with Gasteiger partial charge >= 0.3 is 5.97 Å². The maximum absolute atomic E-state index is 11.4. The summed E-state index contributed by atoms with van der Waals surface area (Å²) in [6.07, 6.45) is 1.39. The lowest BCUT2D eigenvalue weighted by atomic mass is 10.2. The molecule has 2 N–H and O–H groups in total. The van der Waals surface area contributed by atoms with E-state index in [-0.39, 0.29) is 11.3 Å². The van der Waals surface area contributed by atoms with Gasteiger partial charge in [0.15, 0.2) is 0 Å². The molecular formula is C10H7NO4. The minimum Gasteiger partial charge on any atom is -0.508 e. The smallest absolute Gasteiger partial charge is 0.335 e. The Bertz CT molecular complexity index is 600. The Morgan fingerprint density at radius 1 is 1.27 bits per heavy atom. The molecule has 15 heavy (non-hydrogen) atoms. The monoisotopic (exact) mass is 205 g/mol. The number of aromatic hydroxyl groups is 1. The molecule has 0 saturated carbocycles. The third kappa shape index (κ3) is 1.54. The molecule has 0 fully saturated rings. The van der Waals surface area contributed by atoms with Crippen LogP contribution in [0.1, 0.15) is 10.4 Å². The summed E-state index contributed by atoms with van der Waals surface area (Å²) in [6.45, 7) is 0. The fourth-order valence-electron chi connectivity index (χ4n) is 1.35. The maximum Gasteiger partial charge on any atom is 0.335 e. The molecular weight excluding hydrogens is 198 g/mol. The van der Waals surface area contributed by atoms with Crippen LogP contribution in [-0.2, 0) is 0 Å². The van der Waals surface area contributed by atoms with Crippen LogP contribution in [0.2, 0.25) is 0 Å². The van der Waals surface area contributed by atoms with Crippen molar-refractivity contribution in [3.63, 3.8) is 0 Å². The van der Waals surface area contributed by atoms with E-state index in [1.807, 2.05) is 0 Å². The summed E-state index contributed by atoms with van der Waals surface area (Å²) < 4.78 is 1.26. The van der Waals surface area contributed by atoms with E-state index >= 15 is 0 Å². The summed E-state index contributed by atoms with van der Waals surface area (Å²) in [5, 5.41) is 17.9. The van der Waals surface area contributed by atoms with Gasteiger partial charge in [-0.15, -0.1) is 0 Å². The molecule has 5 heteroatoms. The number of carboxylic acids is 1. The Labute approximate surface area is 83.8 Å². The highest BCUT2D eigenvalue weighted by molar-refractivity contribution is 5.88. The number of aromatic nitrogens is 1. The van der Waals surface area contributed by atoms with Gasteiger partial charge < -0.3 is 10.2 Å². The van der Waals surface area contributed by atoms with Crippen LogP contribution in [0, 0.1) is 0 Å². The molecule has 2 rings (SSSR count). The predicted molar refractivity (Wildman–Crippen MR) is 52.3 cm³/mol. The molecule has 0 amide bonds. The first-order valence-electron chi connectivity index (χ1n) is 4.16. The summed E-state index contributed by atoms with van der Waals surface area (Å²) in [4.78, 5) is 22.1. The minimum atomic E-state index is -1.17. The van der Waals surface area contributed by atoms with Crippen LogP contribution in [0.5, 0.6) is 5.75 Å². The highest BCUT2D eigenvalue weighted by Crippen LogP contribution is 2.12. The first-order valence-corrected chi connectivity index (χ1v) is 4.16. The van der Waals surface area contributed by atoms with Crippen molar-refractivity contribution in [2.24, 2.45) is 0 Å². The van der Waals surface area contributed by atoms with Crippen LogP contribution in [0.3, 0.4) is 0 Å². The zero-order valence-corrected chi connectivity index (χ0v) is 7.54. The zero-order valence-electron chi connectivity index (χ0n) is 7.54. The molecule has 0 aliphatic rings. The number of carbonyl (C=O) groups is 1. The molecule has 5 nitrogen and oxygen atoms in total. The Hall–Kier alpha value is -2.30. The van der Waals surface area contributed by atoms with Gasteiger partial charge in [-0.3, -0.25) is 9.20 Å². The van der Waals surface area contributed by atoms with Crippen LogP contribution in [0.15, 0.2) is 35.3 Å². The largest absolute Gasteiger partial charge is 0.508 e.